The summed E-state index contributed by atoms with van der Waals surface area (Å²) >= 11 is 6.53. The largest absolute Gasteiger partial charge is 0.269 e. The molecule has 4 rings (SSSR count). The highest BCUT2D eigenvalue weighted by Gasteiger charge is 2.13. The van der Waals surface area contributed by atoms with Crippen molar-refractivity contribution in [3.8, 4) is 16.8 Å². The topological polar surface area (TPSA) is 73.3 Å². The quantitative estimate of drug-likeness (QED) is 0.222. The number of aliphatic imine (C=N–C) groups is 1. The van der Waals surface area contributed by atoms with Crippen LogP contribution in [-0.2, 0) is 0 Å². The zero-order valence-electron chi connectivity index (χ0n) is 16.1. The molecule has 3 aromatic carbocycles. The molecule has 0 saturated carbocycles. The molecule has 1 heterocycles. The minimum Gasteiger partial charge on any atom is -0.258 e. The SMILES string of the molecule is Cc1nn(-c2ccccc2)c(Cl)c1C=Nc1ccc(-c2ccc([N+](=O)[O-])cc2)cc1. The predicted octanol–water partition coefficient (Wildman–Crippen LogP) is 6.16. The highest BCUT2D eigenvalue weighted by molar-refractivity contribution is 6.32. The van der Waals surface area contributed by atoms with Crippen molar-refractivity contribution in [1.82, 2.24) is 9.78 Å². The van der Waals surface area contributed by atoms with Gasteiger partial charge in [-0.3, -0.25) is 15.1 Å². The lowest BCUT2D eigenvalue weighted by Gasteiger charge is -2.02. The number of benzene rings is 3. The lowest BCUT2D eigenvalue weighted by molar-refractivity contribution is -0.384. The summed E-state index contributed by atoms with van der Waals surface area (Å²) in [6.45, 7) is 1.89. The Kier molecular flexibility index (Phi) is 5.41. The zero-order valence-corrected chi connectivity index (χ0v) is 16.8. The average molecular weight is 417 g/mol. The second kappa shape index (κ2) is 8.31. The van der Waals surface area contributed by atoms with Crippen LogP contribution in [0.2, 0.25) is 5.15 Å². The molecule has 0 spiro atoms. The first-order valence-corrected chi connectivity index (χ1v) is 9.60. The van der Waals surface area contributed by atoms with Crippen LogP contribution in [0, 0.1) is 17.0 Å². The van der Waals surface area contributed by atoms with Gasteiger partial charge in [-0.05, 0) is 54.4 Å². The third kappa shape index (κ3) is 3.99. The number of hydrogen-bond donors (Lipinski definition) is 0. The van der Waals surface area contributed by atoms with Crippen molar-refractivity contribution in [3.63, 3.8) is 0 Å². The molecule has 7 heteroatoms. The van der Waals surface area contributed by atoms with E-state index in [4.69, 9.17) is 11.6 Å². The smallest absolute Gasteiger partial charge is 0.258 e. The molecule has 0 saturated heterocycles. The molecule has 0 aliphatic carbocycles. The Bertz CT molecular complexity index is 1210. The first-order valence-electron chi connectivity index (χ1n) is 9.22. The molecule has 1 aromatic heterocycles. The molecule has 0 fully saturated rings. The minimum absolute atomic E-state index is 0.0725. The monoisotopic (exact) mass is 416 g/mol. The summed E-state index contributed by atoms with van der Waals surface area (Å²) in [5.41, 5.74) is 5.13. The van der Waals surface area contributed by atoms with Gasteiger partial charge >= 0.3 is 0 Å². The van der Waals surface area contributed by atoms with E-state index >= 15 is 0 Å². The normalized spacial score (nSPS) is 11.1. The molecule has 0 aliphatic rings. The van der Waals surface area contributed by atoms with Crippen LogP contribution in [0.3, 0.4) is 0 Å². The number of nitro groups is 1. The van der Waals surface area contributed by atoms with Gasteiger partial charge in [-0.25, -0.2) is 4.68 Å². The van der Waals surface area contributed by atoms with E-state index in [-0.39, 0.29) is 5.69 Å². The molecule has 0 bridgehead atoms. The fraction of sp³-hybridized carbons (Fsp3) is 0.0435. The number of para-hydroxylation sites is 1. The van der Waals surface area contributed by atoms with E-state index in [1.807, 2.05) is 61.5 Å². The first-order chi connectivity index (χ1) is 14.5. The van der Waals surface area contributed by atoms with Crippen LogP contribution in [0.1, 0.15) is 11.3 Å². The van der Waals surface area contributed by atoms with Gasteiger partial charge in [-0.1, -0.05) is 41.9 Å². The molecule has 0 N–H and O–H groups in total. The Labute approximate surface area is 178 Å². The fourth-order valence-electron chi connectivity index (χ4n) is 3.05. The molecule has 0 atom stereocenters. The molecule has 0 unspecified atom stereocenters. The number of aryl methyl sites for hydroxylation is 1. The number of nitrogens with zero attached hydrogens (tertiary/aromatic N) is 4. The van der Waals surface area contributed by atoms with Crippen LogP contribution in [0.4, 0.5) is 11.4 Å². The Morgan fingerprint density at radius 2 is 1.57 bits per heavy atom. The molecule has 4 aromatic rings. The Hall–Kier alpha value is -3.77. The van der Waals surface area contributed by atoms with Gasteiger partial charge in [-0.2, -0.15) is 5.10 Å². The van der Waals surface area contributed by atoms with Gasteiger partial charge in [0.1, 0.15) is 5.15 Å². The molecule has 0 radical (unpaired) electrons. The molecule has 0 aliphatic heterocycles. The second-order valence-electron chi connectivity index (χ2n) is 6.65. The van der Waals surface area contributed by atoms with Gasteiger partial charge in [0.15, 0.2) is 0 Å². The van der Waals surface area contributed by atoms with Crippen molar-refractivity contribution < 1.29 is 4.92 Å². The van der Waals surface area contributed by atoms with E-state index in [0.717, 1.165) is 33.8 Å². The van der Waals surface area contributed by atoms with Crippen LogP contribution in [0.25, 0.3) is 16.8 Å². The summed E-state index contributed by atoms with van der Waals surface area (Å²) in [7, 11) is 0. The Morgan fingerprint density at radius 1 is 0.967 bits per heavy atom. The number of halogens is 1. The van der Waals surface area contributed by atoms with Crippen LogP contribution in [-0.4, -0.2) is 20.9 Å². The molecule has 6 nitrogen and oxygen atoms in total. The van der Waals surface area contributed by atoms with Crippen LogP contribution >= 0.6 is 11.6 Å². The van der Waals surface area contributed by atoms with Crippen LogP contribution in [0.15, 0.2) is 83.9 Å². The van der Waals surface area contributed by atoms with Gasteiger partial charge in [-0.15, -0.1) is 0 Å². The van der Waals surface area contributed by atoms with Crippen molar-refractivity contribution in [3.05, 3.63) is 105 Å². The Morgan fingerprint density at radius 3 is 2.17 bits per heavy atom. The summed E-state index contributed by atoms with van der Waals surface area (Å²) in [6, 6.07) is 23.8. The molecule has 0 amide bonds. The van der Waals surface area contributed by atoms with E-state index < -0.39 is 4.92 Å². The van der Waals surface area contributed by atoms with Crippen LogP contribution < -0.4 is 0 Å². The van der Waals surface area contributed by atoms with Gasteiger partial charge in [0.05, 0.1) is 27.6 Å². The second-order valence-corrected chi connectivity index (χ2v) is 7.00. The summed E-state index contributed by atoms with van der Waals surface area (Å²) in [4.78, 5) is 14.9. The van der Waals surface area contributed by atoms with E-state index in [1.54, 1.807) is 23.0 Å². The number of non-ortho nitro benzene ring substituents is 1. The standard InChI is InChI=1S/C23H17ClN4O2/c1-16-22(23(24)27(26-16)20-5-3-2-4-6-20)15-25-19-11-7-17(8-12-19)18-9-13-21(14-10-18)28(29)30/h2-15H,1H3. The van der Waals surface area contributed by atoms with Crippen molar-refractivity contribution in [2.24, 2.45) is 4.99 Å². The maximum Gasteiger partial charge on any atom is 0.269 e. The summed E-state index contributed by atoms with van der Waals surface area (Å²) < 4.78 is 1.69. The predicted molar refractivity (Wildman–Crippen MR) is 119 cm³/mol. The van der Waals surface area contributed by atoms with E-state index in [2.05, 4.69) is 10.1 Å². The van der Waals surface area contributed by atoms with Gasteiger partial charge in [0.2, 0.25) is 0 Å². The average Bonchev–Trinajstić information content (AvgIpc) is 3.06. The van der Waals surface area contributed by atoms with E-state index in [1.165, 1.54) is 12.1 Å². The maximum atomic E-state index is 10.8. The third-order valence-electron chi connectivity index (χ3n) is 4.67. The van der Waals surface area contributed by atoms with Gasteiger partial charge in [0.25, 0.3) is 5.69 Å². The number of rotatable bonds is 5. The lowest BCUT2D eigenvalue weighted by Crippen LogP contribution is -1.96. The summed E-state index contributed by atoms with van der Waals surface area (Å²) in [5.74, 6) is 0. The van der Waals surface area contributed by atoms with E-state index in [9.17, 15) is 10.1 Å². The highest BCUT2D eigenvalue weighted by atomic mass is 35.5. The van der Waals surface area contributed by atoms with Gasteiger partial charge < -0.3 is 0 Å². The summed E-state index contributed by atoms with van der Waals surface area (Å²) in [6.07, 6.45) is 1.71. The fourth-order valence-corrected chi connectivity index (χ4v) is 3.37. The minimum atomic E-state index is -0.408. The summed E-state index contributed by atoms with van der Waals surface area (Å²) in [5, 5.41) is 15.8. The molecule has 30 heavy (non-hydrogen) atoms. The number of aromatic nitrogens is 2. The Balaban J connectivity index is 1.55. The lowest BCUT2D eigenvalue weighted by atomic mass is 10.1. The maximum absolute atomic E-state index is 10.8. The van der Waals surface area contributed by atoms with Crippen molar-refractivity contribution in [2.45, 2.75) is 6.92 Å². The molecular formula is C23H17ClN4O2. The zero-order chi connectivity index (χ0) is 21.1. The van der Waals surface area contributed by atoms with Crippen molar-refractivity contribution in [1.29, 1.82) is 0 Å². The molecular weight excluding hydrogens is 400 g/mol. The van der Waals surface area contributed by atoms with E-state index in [0.29, 0.717) is 5.15 Å². The first kappa shape index (κ1) is 19.5. The van der Waals surface area contributed by atoms with Gasteiger partial charge in [0, 0.05) is 18.3 Å². The third-order valence-corrected chi connectivity index (χ3v) is 5.03. The number of nitro benzene ring substituents is 1. The van der Waals surface area contributed by atoms with Crippen molar-refractivity contribution in [2.75, 3.05) is 0 Å². The highest BCUT2D eigenvalue weighted by Crippen LogP contribution is 2.26. The van der Waals surface area contributed by atoms with Crippen LogP contribution in [0.5, 0.6) is 0 Å². The molecule has 148 valence electrons. The number of hydrogen-bond acceptors (Lipinski definition) is 4. The van der Waals surface area contributed by atoms with Crippen molar-refractivity contribution >= 4 is 29.2 Å².